The molecule has 0 aromatic carbocycles. The molecule has 7 rings (SSSR count). The molecule has 0 saturated heterocycles. The Morgan fingerprint density at radius 2 is 1.23 bits per heavy atom. The van der Waals surface area contributed by atoms with Crippen LogP contribution in [0.2, 0.25) is 0 Å². The number of rotatable bonds is 11. The highest BCUT2D eigenvalue weighted by atomic mass is 16.7. The van der Waals surface area contributed by atoms with E-state index in [0.29, 0.717) is 23.2 Å². The van der Waals surface area contributed by atoms with Crippen molar-refractivity contribution in [3.8, 4) is 0 Å². The first kappa shape index (κ1) is 52.3. The minimum Gasteiger partial charge on any atom is -0.397 e. The Morgan fingerprint density at radius 3 is 1.71 bits per heavy atom. The summed E-state index contributed by atoms with van der Waals surface area (Å²) in [5.74, 6) is 2.02. The van der Waals surface area contributed by atoms with Gasteiger partial charge in [-0.25, -0.2) is 24.9 Å². The van der Waals surface area contributed by atoms with Crippen LogP contribution >= 0.6 is 0 Å². The van der Waals surface area contributed by atoms with E-state index in [1.807, 2.05) is 36.4 Å². The van der Waals surface area contributed by atoms with Crippen LogP contribution in [0.25, 0.3) is 11.0 Å². The smallest absolute Gasteiger partial charge is 0.216 e. The summed E-state index contributed by atoms with van der Waals surface area (Å²) in [7, 11) is 9.24. The van der Waals surface area contributed by atoms with Gasteiger partial charge in [-0.1, -0.05) is 12.1 Å². The van der Waals surface area contributed by atoms with Gasteiger partial charge in [0.05, 0.1) is 17.0 Å². The summed E-state index contributed by atoms with van der Waals surface area (Å²) in [4.78, 5) is 51.7. The standard InChI is InChI=1S/C11H16N2O2.C11H12N2O2.C9H10N2O.C6H6N2O.C5H10O3.C2H6O/c2*1-14-11(15-2)9-6-5-8-4-3-7-12-10(8)13-9;12-6-8-4-3-7-2-1-5-10-9(7)11-8;7-6-5(4-9)2-1-3-8-6;1-4(6)5(7-2)8-3;1-2-3/h5-6,11H,3-4,7H2,1-2H3,(H,12,13);3-7,11H,1-2H3;3-4,6H,1-2,5H2,(H,10,11);1-4H,(H2,7,8);5H,1-3H3;3H,2H2,1H3. The monoisotopic (exact) mass is 860 g/mol. The number of anilines is 3. The number of ketones is 1. The van der Waals surface area contributed by atoms with Gasteiger partial charge in [-0.3, -0.25) is 14.4 Å². The van der Waals surface area contributed by atoms with Crippen molar-refractivity contribution < 1.29 is 47.9 Å². The van der Waals surface area contributed by atoms with Gasteiger partial charge in [-0.15, -0.1) is 0 Å². The zero-order valence-electron chi connectivity index (χ0n) is 36.7. The zero-order chi connectivity index (χ0) is 45.7. The van der Waals surface area contributed by atoms with Crippen molar-refractivity contribution in [2.45, 2.75) is 58.4 Å². The summed E-state index contributed by atoms with van der Waals surface area (Å²) >= 11 is 0. The largest absolute Gasteiger partial charge is 0.397 e. The topological polar surface area (TPSA) is 241 Å². The number of aromatic nitrogens is 5. The number of nitrogens with one attached hydrogen (secondary N) is 2. The molecule has 5 aromatic rings. The second-order valence-corrected chi connectivity index (χ2v) is 12.9. The van der Waals surface area contributed by atoms with Crippen LogP contribution in [-0.2, 0) is 46.1 Å². The molecule has 2 aliphatic rings. The van der Waals surface area contributed by atoms with E-state index in [4.69, 9.17) is 29.8 Å². The second-order valence-electron chi connectivity index (χ2n) is 12.9. The van der Waals surface area contributed by atoms with E-state index in [2.05, 4.69) is 51.1 Å². The molecule has 5 aromatic heterocycles. The quantitative estimate of drug-likeness (QED) is 0.0937. The Morgan fingerprint density at radius 1 is 0.710 bits per heavy atom. The number of nitrogens with two attached hydrogens (primary N) is 1. The third-order valence-electron chi connectivity index (χ3n) is 8.54. The molecule has 0 spiro atoms. The van der Waals surface area contributed by atoms with Crippen molar-refractivity contribution >= 4 is 46.8 Å². The maximum absolute atomic E-state index is 10.4. The van der Waals surface area contributed by atoms with Gasteiger partial charge in [-0.2, -0.15) is 0 Å². The fourth-order valence-corrected chi connectivity index (χ4v) is 5.62. The van der Waals surface area contributed by atoms with Crippen LogP contribution in [0.4, 0.5) is 17.5 Å². The molecule has 2 aliphatic heterocycles. The van der Waals surface area contributed by atoms with Gasteiger partial charge in [0.25, 0.3) is 0 Å². The third kappa shape index (κ3) is 17.6. The van der Waals surface area contributed by atoms with Gasteiger partial charge in [0.15, 0.2) is 24.0 Å². The lowest BCUT2D eigenvalue weighted by atomic mass is 10.1. The van der Waals surface area contributed by atoms with Crippen LogP contribution in [0.5, 0.6) is 0 Å². The average Bonchev–Trinajstić information content (AvgIpc) is 3.31. The minimum atomic E-state index is -0.685. The summed E-state index contributed by atoms with van der Waals surface area (Å²) in [6.07, 6.45) is 7.70. The number of aldehydes is 2. The number of aliphatic hydroxyl groups is 1. The number of pyridine rings is 5. The lowest BCUT2D eigenvalue weighted by Crippen LogP contribution is -2.21. The van der Waals surface area contributed by atoms with E-state index < -0.39 is 12.6 Å². The van der Waals surface area contributed by atoms with Gasteiger partial charge < -0.3 is 49.9 Å². The minimum absolute atomic E-state index is 0.116. The highest BCUT2D eigenvalue weighted by Gasteiger charge is 2.16. The summed E-state index contributed by atoms with van der Waals surface area (Å²) in [6.45, 7) is 5.30. The van der Waals surface area contributed by atoms with Crippen LogP contribution < -0.4 is 16.4 Å². The number of Topliss-reactive ketones (excluding diaryl/α,β-unsaturated/α-hetero) is 1. The lowest BCUT2D eigenvalue weighted by molar-refractivity contribution is -0.154. The number of ether oxygens (including phenoxy) is 6. The summed E-state index contributed by atoms with van der Waals surface area (Å²) in [6, 6.07) is 18.8. The molecule has 0 unspecified atom stereocenters. The number of fused-ring (bicyclic) bond motifs is 3. The number of methoxy groups -OCH3 is 6. The number of nitrogen functional groups attached to an aromatic ring is 1. The van der Waals surface area contributed by atoms with Crippen LogP contribution in [0, 0.1) is 0 Å². The highest BCUT2D eigenvalue weighted by Crippen LogP contribution is 2.24. The van der Waals surface area contributed by atoms with Crippen molar-refractivity contribution in [3.05, 3.63) is 107 Å². The van der Waals surface area contributed by atoms with Crippen LogP contribution in [0.3, 0.4) is 0 Å². The third-order valence-corrected chi connectivity index (χ3v) is 8.54. The molecule has 0 aliphatic carbocycles. The number of carbonyl (C=O) groups is 3. The number of nitrogens with zero attached hydrogens (tertiary/aromatic N) is 5. The molecule has 62 heavy (non-hydrogen) atoms. The first-order valence-electron chi connectivity index (χ1n) is 19.7. The van der Waals surface area contributed by atoms with E-state index >= 15 is 0 Å². The molecular weight excluding hydrogens is 801 g/mol. The van der Waals surface area contributed by atoms with Crippen LogP contribution in [0.15, 0.2) is 73.1 Å². The second kappa shape index (κ2) is 30.2. The molecule has 0 atom stereocenters. The normalized spacial score (nSPS) is 12.0. The molecule has 18 heteroatoms. The van der Waals surface area contributed by atoms with Gasteiger partial charge in [0.2, 0.25) is 18.9 Å². The van der Waals surface area contributed by atoms with Crippen molar-refractivity contribution in [3.63, 3.8) is 0 Å². The molecule has 18 nitrogen and oxygen atoms in total. The SMILES string of the molecule is CCO.COC(OC)C(C)=O.COC(OC)c1ccc2c(n1)NCCC2.COC(OC)c1ccc2cccnc2n1.Nc1ncccc1C=O.O=Cc1ccc2c(n1)NCCC2. The van der Waals surface area contributed by atoms with E-state index in [1.54, 1.807) is 66.0 Å². The predicted octanol–water partition coefficient (Wildman–Crippen LogP) is 5.57. The van der Waals surface area contributed by atoms with Gasteiger partial charge in [0, 0.05) is 80.1 Å². The Labute approximate surface area is 362 Å². The molecular formula is C44H60N8O10. The number of hydrogen-bond acceptors (Lipinski definition) is 18. The Bertz CT molecular complexity index is 2060. The molecule has 7 heterocycles. The Balaban J connectivity index is 0.000000268. The molecule has 336 valence electrons. The first-order chi connectivity index (χ1) is 30.1. The highest BCUT2D eigenvalue weighted by molar-refractivity contribution is 5.81. The summed E-state index contributed by atoms with van der Waals surface area (Å²) in [5.41, 5.74) is 11.0. The Hall–Kier alpha value is -5.86. The fourth-order valence-electron chi connectivity index (χ4n) is 5.62. The van der Waals surface area contributed by atoms with E-state index in [0.717, 1.165) is 67.0 Å². The maximum Gasteiger partial charge on any atom is 0.216 e. The number of aliphatic hydroxyl groups excluding tert-OH is 1. The molecule has 0 fully saturated rings. The maximum atomic E-state index is 10.4. The number of aryl methyl sites for hydroxylation is 2. The van der Waals surface area contributed by atoms with Crippen LogP contribution in [-0.4, -0.2) is 117 Å². The first-order valence-corrected chi connectivity index (χ1v) is 19.7. The zero-order valence-corrected chi connectivity index (χ0v) is 36.7. The number of carbonyl (C=O) groups excluding carboxylic acids is 3. The van der Waals surface area contributed by atoms with E-state index in [1.165, 1.54) is 38.7 Å². The number of hydrogen-bond donors (Lipinski definition) is 4. The fraction of sp³-hybridized carbons (Fsp3) is 0.409. The lowest BCUT2D eigenvalue weighted by Gasteiger charge is -2.19. The molecule has 0 bridgehead atoms. The van der Waals surface area contributed by atoms with Crippen molar-refractivity contribution in [1.29, 1.82) is 0 Å². The summed E-state index contributed by atoms with van der Waals surface area (Å²) in [5, 5.41) is 15.0. The van der Waals surface area contributed by atoms with Crippen molar-refractivity contribution in [2.75, 3.05) is 78.7 Å². The molecule has 0 radical (unpaired) electrons. The van der Waals surface area contributed by atoms with Gasteiger partial charge in [-0.05, 0) is 99.2 Å². The molecule has 5 N–H and O–H groups in total. The van der Waals surface area contributed by atoms with E-state index in [9.17, 15) is 14.4 Å². The predicted molar refractivity (Wildman–Crippen MR) is 236 cm³/mol. The van der Waals surface area contributed by atoms with Gasteiger partial charge in [0.1, 0.15) is 23.1 Å². The van der Waals surface area contributed by atoms with Crippen molar-refractivity contribution in [1.82, 2.24) is 24.9 Å². The van der Waals surface area contributed by atoms with Gasteiger partial charge >= 0.3 is 0 Å². The molecule has 0 amide bonds. The average molecular weight is 861 g/mol. The van der Waals surface area contributed by atoms with Crippen molar-refractivity contribution in [2.24, 2.45) is 0 Å². The molecule has 0 saturated carbocycles. The summed E-state index contributed by atoms with van der Waals surface area (Å²) < 4.78 is 29.8. The van der Waals surface area contributed by atoms with Crippen LogP contribution in [0.1, 0.15) is 82.6 Å². The van der Waals surface area contributed by atoms with E-state index in [-0.39, 0.29) is 24.5 Å². The Kier molecular flexibility index (Phi) is 25.5.